The summed E-state index contributed by atoms with van der Waals surface area (Å²) in [6, 6.07) is 16.9. The van der Waals surface area contributed by atoms with Crippen LogP contribution in [0.15, 0.2) is 66.9 Å². The lowest BCUT2D eigenvalue weighted by molar-refractivity contribution is -0.120. The molecule has 8 heteroatoms. The smallest absolute Gasteiger partial charge is 0.270 e. The van der Waals surface area contributed by atoms with Gasteiger partial charge in [-0.3, -0.25) is 14.6 Å². The molecule has 4 heterocycles. The van der Waals surface area contributed by atoms with Gasteiger partial charge in [-0.25, -0.2) is 0 Å². The molecule has 3 aliphatic rings. The van der Waals surface area contributed by atoms with E-state index in [1.54, 1.807) is 18.2 Å². The highest BCUT2D eigenvalue weighted by Gasteiger charge is 2.44. The third-order valence-corrected chi connectivity index (χ3v) is 7.75. The Morgan fingerprint density at radius 2 is 1.92 bits per heavy atom. The number of ether oxygens (including phenoxy) is 2. The zero-order valence-electron chi connectivity index (χ0n) is 24.1. The van der Waals surface area contributed by atoms with Crippen molar-refractivity contribution in [2.45, 2.75) is 31.7 Å². The van der Waals surface area contributed by atoms with Crippen LogP contribution in [0.4, 0.5) is 11.4 Å². The fourth-order valence-corrected chi connectivity index (χ4v) is 5.52. The van der Waals surface area contributed by atoms with Crippen molar-refractivity contribution in [3.63, 3.8) is 0 Å². The number of fused-ring (bicyclic) bond motifs is 1. The fraction of sp³-hybridized carbons (Fsp3) is 0.367. The second-order valence-electron chi connectivity index (χ2n) is 10.3. The van der Waals surface area contributed by atoms with Gasteiger partial charge in [-0.15, -0.1) is 0 Å². The molecule has 0 unspecified atom stereocenters. The Labute approximate surface area is 226 Å². The normalized spacial score (nSPS) is 21.8. The molecular formula is C30H32N4O4. The summed E-state index contributed by atoms with van der Waals surface area (Å²) in [7, 11) is 0. The first-order valence-electron chi connectivity index (χ1n) is 14.5. The molecular weight excluding hydrogens is 480 g/mol. The molecule has 1 N–H and O–H groups in total. The molecule has 1 aromatic heterocycles. The molecule has 0 saturated carbocycles. The molecule has 0 aliphatic carbocycles. The molecule has 2 amide bonds. The van der Waals surface area contributed by atoms with E-state index in [1.807, 2.05) is 36.4 Å². The number of amides is 2. The Bertz CT molecular complexity index is 1440. The fourth-order valence-electron chi connectivity index (χ4n) is 5.52. The Balaban J connectivity index is 1.20. The van der Waals surface area contributed by atoms with Gasteiger partial charge < -0.3 is 24.6 Å². The molecule has 1 spiro atoms. The van der Waals surface area contributed by atoms with Gasteiger partial charge in [0.2, 0.25) is 5.91 Å². The van der Waals surface area contributed by atoms with Crippen molar-refractivity contribution < 1.29 is 23.2 Å². The summed E-state index contributed by atoms with van der Waals surface area (Å²) < 4.78 is 36.0. The van der Waals surface area contributed by atoms with Gasteiger partial charge in [-0.1, -0.05) is 24.3 Å². The zero-order valence-corrected chi connectivity index (χ0v) is 21.1. The number of nitrogens with one attached hydrogen (secondary N) is 1. The van der Waals surface area contributed by atoms with Crippen LogP contribution in [0.25, 0.3) is 0 Å². The van der Waals surface area contributed by atoms with E-state index < -0.39 is 24.8 Å². The first-order valence-corrected chi connectivity index (χ1v) is 13.0. The first kappa shape index (κ1) is 21.1. The number of rotatable bonds is 5. The minimum absolute atomic E-state index is 0.0653. The Morgan fingerprint density at radius 1 is 1.11 bits per heavy atom. The first-order chi connectivity index (χ1) is 19.7. The van der Waals surface area contributed by atoms with E-state index in [1.165, 1.54) is 12.3 Å². The lowest BCUT2D eigenvalue weighted by atomic mass is 9.73. The maximum absolute atomic E-state index is 13.7. The average Bonchev–Trinajstić information content (AvgIpc) is 3.08. The molecule has 1 atom stereocenters. The SMILES string of the molecule is [2H]C([2H])([2H])N1C(=O)[C@@H](NC(=O)c2cc(Oc3ccccc3)ccn2)CCc2ccc(N3CC4(CCOCC4)C3)cc21. The molecule has 38 heavy (non-hydrogen) atoms. The topological polar surface area (TPSA) is 84.0 Å². The van der Waals surface area contributed by atoms with E-state index >= 15 is 0 Å². The highest BCUT2D eigenvalue weighted by Crippen LogP contribution is 2.43. The quantitative estimate of drug-likeness (QED) is 0.549. The average molecular weight is 516 g/mol. The second kappa shape index (κ2) is 10.1. The molecule has 2 saturated heterocycles. The molecule has 3 aliphatic heterocycles. The van der Waals surface area contributed by atoms with Gasteiger partial charge in [0.05, 0.1) is 0 Å². The van der Waals surface area contributed by atoms with E-state index in [4.69, 9.17) is 13.6 Å². The zero-order chi connectivity index (χ0) is 28.6. The summed E-state index contributed by atoms with van der Waals surface area (Å²) in [5.41, 5.74) is 2.33. The van der Waals surface area contributed by atoms with Gasteiger partial charge in [-0.2, -0.15) is 0 Å². The summed E-state index contributed by atoms with van der Waals surface area (Å²) in [4.78, 5) is 34.1. The van der Waals surface area contributed by atoms with E-state index in [0.29, 0.717) is 23.6 Å². The van der Waals surface area contributed by atoms with Crippen molar-refractivity contribution in [2.24, 2.45) is 5.41 Å². The second-order valence-corrected chi connectivity index (χ2v) is 10.3. The number of carbonyl (C=O) groups is 2. The number of para-hydroxylation sites is 1. The lowest BCUT2D eigenvalue weighted by Gasteiger charge is -2.53. The third-order valence-electron chi connectivity index (χ3n) is 7.75. The number of anilines is 2. The molecule has 2 aromatic carbocycles. The van der Waals surface area contributed by atoms with Gasteiger partial charge >= 0.3 is 0 Å². The van der Waals surface area contributed by atoms with Crippen LogP contribution in [0.1, 0.15) is 39.4 Å². The van der Waals surface area contributed by atoms with E-state index in [-0.39, 0.29) is 17.5 Å². The molecule has 196 valence electrons. The minimum Gasteiger partial charge on any atom is -0.457 e. The third kappa shape index (κ3) is 4.84. The van der Waals surface area contributed by atoms with Crippen LogP contribution in [0.5, 0.6) is 11.5 Å². The van der Waals surface area contributed by atoms with Crippen molar-refractivity contribution in [1.29, 1.82) is 0 Å². The van der Waals surface area contributed by atoms with Crippen LogP contribution in [0.2, 0.25) is 0 Å². The number of aromatic nitrogens is 1. The standard InChI is InChI=1S/C30H32N4O4/c1-33-27-17-22(34-19-30(20-34)12-15-37-16-13-30)9-7-21(27)8-10-25(29(33)36)32-28(35)26-18-24(11-14-31-26)38-23-5-3-2-4-6-23/h2-7,9,11,14,17-18,25H,8,10,12-13,15-16,19-20H2,1H3,(H,32,35)/t25-/m0/s1/i1D3. The lowest BCUT2D eigenvalue weighted by Crippen LogP contribution is -2.58. The number of pyridine rings is 1. The van der Waals surface area contributed by atoms with Crippen molar-refractivity contribution in [2.75, 3.05) is 43.1 Å². The number of hydrogen-bond acceptors (Lipinski definition) is 6. The van der Waals surface area contributed by atoms with Gasteiger partial charge in [0, 0.05) is 66.4 Å². The number of carbonyl (C=O) groups excluding carboxylic acids is 2. The predicted molar refractivity (Wildman–Crippen MR) is 145 cm³/mol. The van der Waals surface area contributed by atoms with Crippen LogP contribution < -0.4 is 19.9 Å². The molecule has 3 aromatic rings. The Morgan fingerprint density at radius 3 is 2.71 bits per heavy atom. The van der Waals surface area contributed by atoms with E-state index in [2.05, 4.69) is 15.2 Å². The highest BCUT2D eigenvalue weighted by atomic mass is 16.5. The van der Waals surface area contributed by atoms with Crippen LogP contribution in [0.3, 0.4) is 0 Å². The van der Waals surface area contributed by atoms with Crippen LogP contribution >= 0.6 is 0 Å². The van der Waals surface area contributed by atoms with Crippen molar-refractivity contribution in [3.8, 4) is 11.5 Å². The highest BCUT2D eigenvalue weighted by molar-refractivity contribution is 6.02. The monoisotopic (exact) mass is 515 g/mol. The van der Waals surface area contributed by atoms with Crippen molar-refractivity contribution in [1.82, 2.24) is 10.3 Å². The van der Waals surface area contributed by atoms with E-state index in [9.17, 15) is 9.59 Å². The van der Waals surface area contributed by atoms with Gasteiger partial charge in [0.15, 0.2) is 0 Å². The summed E-state index contributed by atoms with van der Waals surface area (Å²) in [6.45, 7) is 0.584. The van der Waals surface area contributed by atoms with Gasteiger partial charge in [-0.05, 0) is 61.6 Å². The van der Waals surface area contributed by atoms with Gasteiger partial charge in [0.25, 0.3) is 5.91 Å². The maximum atomic E-state index is 13.7. The Kier molecular flexibility index (Phi) is 5.60. The maximum Gasteiger partial charge on any atom is 0.270 e. The van der Waals surface area contributed by atoms with Gasteiger partial charge in [0.1, 0.15) is 23.2 Å². The molecule has 6 rings (SSSR count). The molecule has 0 radical (unpaired) electrons. The number of likely N-dealkylation sites (N-methyl/N-ethyl adjacent to an activating group) is 1. The number of hydrogen-bond donors (Lipinski definition) is 1. The Hall–Kier alpha value is -3.91. The summed E-state index contributed by atoms with van der Waals surface area (Å²) >= 11 is 0. The number of nitrogens with zero attached hydrogens (tertiary/aromatic N) is 3. The number of benzene rings is 2. The van der Waals surface area contributed by atoms with E-state index in [0.717, 1.165) is 55.3 Å². The summed E-state index contributed by atoms with van der Waals surface area (Å²) in [6.07, 6.45) is 4.19. The van der Waals surface area contributed by atoms with Crippen LogP contribution in [-0.2, 0) is 16.0 Å². The predicted octanol–water partition coefficient (Wildman–Crippen LogP) is 4.20. The molecule has 2 fully saturated rings. The summed E-state index contributed by atoms with van der Waals surface area (Å²) in [5.74, 6) is -0.228. The largest absolute Gasteiger partial charge is 0.457 e. The van der Waals surface area contributed by atoms with Crippen molar-refractivity contribution in [3.05, 3.63) is 78.1 Å². The number of aryl methyl sites for hydroxylation is 1. The summed E-state index contributed by atoms with van der Waals surface area (Å²) in [5, 5.41) is 2.73. The van der Waals surface area contributed by atoms with Crippen LogP contribution in [-0.4, -0.2) is 56.1 Å². The minimum atomic E-state index is -2.73. The van der Waals surface area contributed by atoms with Crippen LogP contribution in [0, 0.1) is 5.41 Å². The molecule has 0 bridgehead atoms. The molecule has 8 nitrogen and oxygen atoms in total. The van der Waals surface area contributed by atoms with Crippen molar-refractivity contribution >= 4 is 23.2 Å².